The van der Waals surface area contributed by atoms with Crippen molar-refractivity contribution in [2.24, 2.45) is 5.10 Å². The number of methoxy groups -OCH3 is 1. The lowest BCUT2D eigenvalue weighted by Gasteiger charge is -2.10. The molecule has 9 heteroatoms. The van der Waals surface area contributed by atoms with Crippen LogP contribution >= 0.6 is 0 Å². The molecule has 2 rings (SSSR count). The summed E-state index contributed by atoms with van der Waals surface area (Å²) in [5.41, 5.74) is 4.48. The molecule has 2 N–H and O–H groups in total. The maximum atomic E-state index is 12.0. The highest BCUT2D eigenvalue weighted by molar-refractivity contribution is 5.96. The fraction of sp³-hybridized carbons (Fsp3) is 0.273. The molecule has 2 aromatic rings. The summed E-state index contributed by atoms with van der Waals surface area (Å²) in [7, 11) is 1.46. The first kappa shape index (κ1) is 23.4. The first-order chi connectivity index (χ1) is 14.9. The average molecular weight is 427 g/mol. The third-order valence-corrected chi connectivity index (χ3v) is 3.96. The summed E-state index contributed by atoms with van der Waals surface area (Å²) in [5, 5.41) is 6.39. The standard InChI is InChI=1S/C22H25N3O6/c1-4-30-21(27)14-31-18-10-7-16(11-19(18)29-3)12-24-25-20(26)13-23-22(28)17-8-5-15(2)6-9-17/h5-12H,4,13-14H2,1-3H3,(H,23,28)(H,25,26). The minimum atomic E-state index is -0.479. The molecule has 9 nitrogen and oxygen atoms in total. The number of esters is 1. The van der Waals surface area contributed by atoms with Gasteiger partial charge in [-0.1, -0.05) is 17.7 Å². The zero-order chi connectivity index (χ0) is 22.6. The number of aryl methyl sites for hydroxylation is 1. The van der Waals surface area contributed by atoms with Crippen LogP contribution in [0.15, 0.2) is 47.6 Å². The maximum absolute atomic E-state index is 12.0. The largest absolute Gasteiger partial charge is 0.493 e. The van der Waals surface area contributed by atoms with Gasteiger partial charge in [-0.2, -0.15) is 5.10 Å². The van der Waals surface area contributed by atoms with Gasteiger partial charge in [0.25, 0.3) is 11.8 Å². The molecule has 2 aromatic carbocycles. The van der Waals surface area contributed by atoms with E-state index in [9.17, 15) is 14.4 Å². The number of hydrazone groups is 1. The molecule has 0 aliphatic heterocycles. The smallest absolute Gasteiger partial charge is 0.344 e. The Morgan fingerprint density at radius 3 is 2.48 bits per heavy atom. The normalized spacial score (nSPS) is 10.4. The van der Waals surface area contributed by atoms with E-state index in [0.717, 1.165) is 5.56 Å². The van der Waals surface area contributed by atoms with Crippen molar-refractivity contribution < 1.29 is 28.6 Å². The highest BCUT2D eigenvalue weighted by Gasteiger charge is 2.09. The van der Waals surface area contributed by atoms with Crippen LogP contribution < -0.4 is 20.2 Å². The number of hydrogen-bond acceptors (Lipinski definition) is 7. The number of benzene rings is 2. The van der Waals surface area contributed by atoms with Crippen LogP contribution in [-0.2, 0) is 14.3 Å². The second-order valence-corrected chi connectivity index (χ2v) is 6.35. The molecular weight excluding hydrogens is 402 g/mol. The minimum Gasteiger partial charge on any atom is -0.493 e. The third kappa shape index (κ3) is 7.81. The van der Waals surface area contributed by atoms with Crippen LogP contribution in [0.1, 0.15) is 28.4 Å². The Morgan fingerprint density at radius 1 is 1.06 bits per heavy atom. The summed E-state index contributed by atoms with van der Waals surface area (Å²) < 4.78 is 15.4. The van der Waals surface area contributed by atoms with E-state index < -0.39 is 11.9 Å². The molecule has 31 heavy (non-hydrogen) atoms. The second kappa shape index (κ2) is 12.0. The van der Waals surface area contributed by atoms with Crippen LogP contribution in [0.4, 0.5) is 0 Å². The van der Waals surface area contributed by atoms with E-state index in [-0.39, 0.29) is 25.7 Å². The van der Waals surface area contributed by atoms with Gasteiger partial charge in [0.15, 0.2) is 18.1 Å². The van der Waals surface area contributed by atoms with Crippen molar-refractivity contribution in [3.8, 4) is 11.5 Å². The number of ether oxygens (including phenoxy) is 3. The van der Waals surface area contributed by atoms with Crippen LogP contribution in [0.3, 0.4) is 0 Å². The number of amides is 2. The lowest BCUT2D eigenvalue weighted by Crippen LogP contribution is -2.34. The fourth-order valence-electron chi connectivity index (χ4n) is 2.41. The number of carbonyl (C=O) groups excluding carboxylic acids is 3. The Hall–Kier alpha value is -3.88. The number of nitrogens with zero attached hydrogens (tertiary/aromatic N) is 1. The van der Waals surface area contributed by atoms with Crippen molar-refractivity contribution in [1.82, 2.24) is 10.7 Å². The van der Waals surface area contributed by atoms with Crippen molar-refractivity contribution >= 4 is 24.0 Å². The Bertz CT molecular complexity index is 941. The van der Waals surface area contributed by atoms with Crippen LogP contribution in [0.5, 0.6) is 11.5 Å². The Balaban J connectivity index is 1.84. The number of rotatable bonds is 10. The van der Waals surface area contributed by atoms with Crippen LogP contribution in [0.2, 0.25) is 0 Å². The molecule has 0 saturated heterocycles. The SMILES string of the molecule is CCOC(=O)COc1ccc(C=NNC(=O)CNC(=O)c2ccc(C)cc2)cc1OC. The summed E-state index contributed by atoms with van der Waals surface area (Å²) in [4.78, 5) is 35.3. The Morgan fingerprint density at radius 2 is 1.81 bits per heavy atom. The van der Waals surface area contributed by atoms with Crippen LogP contribution in [0, 0.1) is 6.92 Å². The molecular formula is C22H25N3O6. The van der Waals surface area contributed by atoms with Crippen molar-refractivity contribution in [3.05, 3.63) is 59.2 Å². The van der Waals surface area contributed by atoms with Crippen molar-refractivity contribution in [3.63, 3.8) is 0 Å². The van der Waals surface area contributed by atoms with Gasteiger partial charge >= 0.3 is 5.97 Å². The van der Waals surface area contributed by atoms with Gasteiger partial charge < -0.3 is 19.5 Å². The predicted molar refractivity (Wildman–Crippen MR) is 114 cm³/mol. The zero-order valence-corrected chi connectivity index (χ0v) is 17.6. The molecule has 0 aromatic heterocycles. The van der Waals surface area contributed by atoms with Gasteiger partial charge in [-0.15, -0.1) is 0 Å². The lowest BCUT2D eigenvalue weighted by atomic mass is 10.1. The van der Waals surface area contributed by atoms with Crippen LogP contribution in [-0.4, -0.2) is 50.9 Å². The molecule has 0 fully saturated rings. The topological polar surface area (TPSA) is 115 Å². The molecule has 0 atom stereocenters. The van der Waals surface area contributed by atoms with Gasteiger partial charge in [0.1, 0.15) is 0 Å². The van der Waals surface area contributed by atoms with Crippen molar-refractivity contribution in [2.45, 2.75) is 13.8 Å². The van der Waals surface area contributed by atoms with Gasteiger partial charge in [0, 0.05) is 5.56 Å². The Labute approximate surface area is 180 Å². The molecule has 2 amide bonds. The fourth-order valence-corrected chi connectivity index (χ4v) is 2.41. The maximum Gasteiger partial charge on any atom is 0.344 e. The molecule has 0 radical (unpaired) electrons. The molecule has 0 aliphatic carbocycles. The number of hydrogen-bond donors (Lipinski definition) is 2. The van der Waals surface area contributed by atoms with Gasteiger partial charge in [0.05, 0.1) is 26.5 Å². The highest BCUT2D eigenvalue weighted by Crippen LogP contribution is 2.27. The van der Waals surface area contributed by atoms with Crippen LogP contribution in [0.25, 0.3) is 0 Å². The van der Waals surface area contributed by atoms with Crippen molar-refractivity contribution in [2.75, 3.05) is 26.9 Å². The van der Waals surface area contributed by atoms with Gasteiger partial charge in [-0.3, -0.25) is 9.59 Å². The van der Waals surface area contributed by atoms with E-state index in [1.807, 2.05) is 19.1 Å². The summed E-state index contributed by atoms with van der Waals surface area (Å²) >= 11 is 0. The molecule has 0 spiro atoms. The highest BCUT2D eigenvalue weighted by atomic mass is 16.6. The zero-order valence-electron chi connectivity index (χ0n) is 17.6. The molecule has 0 saturated carbocycles. The summed E-state index contributed by atoms with van der Waals surface area (Å²) in [6.07, 6.45) is 1.41. The summed E-state index contributed by atoms with van der Waals surface area (Å²) in [6.45, 7) is 3.46. The summed E-state index contributed by atoms with van der Waals surface area (Å²) in [5.74, 6) is -0.534. The molecule has 0 heterocycles. The number of carbonyl (C=O) groups is 3. The molecule has 164 valence electrons. The Kier molecular flexibility index (Phi) is 9.03. The van der Waals surface area contributed by atoms with Gasteiger partial charge in [-0.05, 0) is 49.7 Å². The quantitative estimate of drug-likeness (QED) is 0.340. The molecule has 0 unspecified atom stereocenters. The van der Waals surface area contributed by atoms with Gasteiger partial charge in [0.2, 0.25) is 0 Å². The molecule has 0 aliphatic rings. The lowest BCUT2D eigenvalue weighted by molar-refractivity contribution is -0.145. The predicted octanol–water partition coefficient (Wildman–Crippen LogP) is 1.83. The monoisotopic (exact) mass is 427 g/mol. The van der Waals surface area contributed by atoms with Crippen molar-refractivity contribution in [1.29, 1.82) is 0 Å². The minimum absolute atomic E-state index is 0.214. The van der Waals surface area contributed by atoms with E-state index in [4.69, 9.17) is 14.2 Å². The second-order valence-electron chi connectivity index (χ2n) is 6.35. The van der Waals surface area contributed by atoms with E-state index in [2.05, 4.69) is 15.8 Å². The van der Waals surface area contributed by atoms with E-state index in [1.165, 1.54) is 13.3 Å². The van der Waals surface area contributed by atoms with E-state index in [1.54, 1.807) is 37.3 Å². The summed E-state index contributed by atoms with van der Waals surface area (Å²) in [6, 6.07) is 11.9. The third-order valence-electron chi connectivity index (χ3n) is 3.96. The molecule has 0 bridgehead atoms. The first-order valence-electron chi connectivity index (χ1n) is 9.56. The van der Waals surface area contributed by atoms with Gasteiger partial charge in [-0.25, -0.2) is 10.2 Å². The number of nitrogens with one attached hydrogen (secondary N) is 2. The average Bonchev–Trinajstić information content (AvgIpc) is 2.77. The van der Waals surface area contributed by atoms with E-state index in [0.29, 0.717) is 22.6 Å². The van der Waals surface area contributed by atoms with E-state index >= 15 is 0 Å². The first-order valence-corrected chi connectivity index (χ1v) is 9.56.